The Hall–Kier alpha value is -7.91. The maximum atomic E-state index is 5.58. The van der Waals surface area contributed by atoms with Crippen molar-refractivity contribution >= 4 is 75.4 Å². The van der Waals surface area contributed by atoms with Crippen LogP contribution in [0.5, 0.6) is 0 Å². The van der Waals surface area contributed by atoms with E-state index in [-0.39, 0.29) is 6.04 Å². The maximum Gasteiger partial charge on any atom is 0.298 e. The van der Waals surface area contributed by atoms with Gasteiger partial charge in [0.05, 0.1) is 66.3 Å². The van der Waals surface area contributed by atoms with E-state index in [1.165, 1.54) is 38.7 Å². The van der Waals surface area contributed by atoms with Gasteiger partial charge in [0, 0.05) is 44.9 Å². The van der Waals surface area contributed by atoms with Gasteiger partial charge in [0.1, 0.15) is 0 Å². The Morgan fingerprint density at radius 3 is 1.54 bits per heavy atom. The van der Waals surface area contributed by atoms with Crippen molar-refractivity contribution < 1.29 is 0 Å². The molecule has 0 saturated carbocycles. The van der Waals surface area contributed by atoms with Crippen molar-refractivity contribution in [2.24, 2.45) is 27.9 Å². The van der Waals surface area contributed by atoms with Crippen molar-refractivity contribution in [1.82, 2.24) is 4.57 Å². The minimum atomic E-state index is -2.45. The quantitative estimate of drug-likeness (QED) is 0.149. The predicted octanol–water partition coefficient (Wildman–Crippen LogP) is 11.2. The van der Waals surface area contributed by atoms with Crippen LogP contribution in [0.2, 0.25) is 39.3 Å². The molecule has 9 nitrogen and oxygen atoms in total. The topological polar surface area (TPSA) is 85.6 Å². The van der Waals surface area contributed by atoms with Crippen LogP contribution in [-0.4, -0.2) is 35.8 Å². The average molecular weight is 982 g/mol. The Morgan fingerprint density at radius 2 is 0.917 bits per heavy atom. The van der Waals surface area contributed by atoms with E-state index >= 15 is 0 Å². The fraction of sp³-hybridized carbons (Fsp3) is 0.133. The highest BCUT2D eigenvalue weighted by molar-refractivity contribution is 6.75. The van der Waals surface area contributed by atoms with Crippen LogP contribution in [0.25, 0.3) is 49.7 Å². The van der Waals surface area contributed by atoms with Crippen LogP contribution in [0, 0.1) is 0 Å². The third kappa shape index (κ3) is 6.69. The van der Waals surface area contributed by atoms with Crippen molar-refractivity contribution in [1.29, 1.82) is 0 Å². The van der Waals surface area contributed by atoms with Gasteiger partial charge in [-0.1, -0.05) is 121 Å². The Labute approximate surface area is 420 Å². The summed E-state index contributed by atoms with van der Waals surface area (Å²) in [7, 11) is -7.17. The lowest BCUT2D eigenvalue weighted by atomic mass is 9.91. The molecule has 5 heterocycles. The first kappa shape index (κ1) is 42.9. The monoisotopic (exact) mass is 981 g/mol. The molecule has 0 spiro atoms. The van der Waals surface area contributed by atoms with Gasteiger partial charge in [0.25, 0.3) is 25.2 Å². The standard InChI is InChI=1S/C60H51N9Si3/c1-70(2)61-48-20-15-25-53(58(48)64-70)69(54-36-34-42(56-59(54)65-71(3,4)62-56)38-26-30-40(31-27-38)67-49-21-11-7-16-44(49)45-17-8-12-22-50(45)67)55-37-35-43(57-60(55)66-72(5,6)63-57)39-28-32-41(33-29-39)68-51-23-13-9-18-46(51)47-19-10-14-24-52(47)68/h7-37,44,49H,1-6H3. The minimum Gasteiger partial charge on any atom is -0.333 e. The largest absolute Gasteiger partial charge is 0.333 e. The predicted molar refractivity (Wildman–Crippen MR) is 299 cm³/mol. The van der Waals surface area contributed by atoms with Gasteiger partial charge in [0.15, 0.2) is 0 Å². The van der Waals surface area contributed by atoms with Gasteiger partial charge in [-0.25, -0.2) is 0 Å². The fourth-order valence-corrected chi connectivity index (χ4v) is 16.6. The summed E-state index contributed by atoms with van der Waals surface area (Å²) in [5, 5.41) is 8.00. The van der Waals surface area contributed by atoms with E-state index in [1.54, 1.807) is 0 Å². The second-order valence-corrected chi connectivity index (χ2v) is 31.3. The van der Waals surface area contributed by atoms with Gasteiger partial charge in [-0.3, -0.25) is 27.9 Å². The molecule has 0 fully saturated rings. The van der Waals surface area contributed by atoms with E-state index in [0.29, 0.717) is 5.92 Å². The zero-order valence-corrected chi connectivity index (χ0v) is 44.1. The molecule has 72 heavy (non-hydrogen) atoms. The average Bonchev–Trinajstić information content (AvgIpc) is 4.17. The molecule has 2 atom stereocenters. The first-order chi connectivity index (χ1) is 34.9. The van der Waals surface area contributed by atoms with Crippen LogP contribution in [0.15, 0.2) is 216 Å². The lowest BCUT2D eigenvalue weighted by Crippen LogP contribution is -2.38. The molecule has 0 bridgehead atoms. The Bertz CT molecular complexity index is 4240. The molecule has 348 valence electrons. The number of benzene rings is 8. The summed E-state index contributed by atoms with van der Waals surface area (Å²) >= 11 is 0. The minimum absolute atomic E-state index is 0.238. The number of hydrogen-bond acceptors (Lipinski definition) is 8. The molecular formula is C60H51N9Si3. The molecule has 4 aliphatic heterocycles. The van der Waals surface area contributed by atoms with E-state index in [4.69, 9.17) is 27.9 Å². The van der Waals surface area contributed by atoms with Gasteiger partial charge in [-0.2, -0.15) is 0 Å². The summed E-state index contributed by atoms with van der Waals surface area (Å²) in [6.07, 6.45) is 9.01. The van der Waals surface area contributed by atoms with E-state index in [0.717, 1.165) is 77.1 Å². The van der Waals surface area contributed by atoms with Crippen LogP contribution in [-0.2, 0) is 0 Å². The van der Waals surface area contributed by atoms with E-state index in [2.05, 4.69) is 242 Å². The second kappa shape index (κ2) is 15.5. The summed E-state index contributed by atoms with van der Waals surface area (Å²) in [4.78, 5) is 4.84. The number of anilines is 5. The lowest BCUT2D eigenvalue weighted by Gasteiger charge is -2.29. The maximum absolute atomic E-state index is 5.58. The summed E-state index contributed by atoms with van der Waals surface area (Å²) in [5.41, 5.74) is 14.5. The molecule has 8 aromatic carbocycles. The highest BCUT2D eigenvalue weighted by Crippen LogP contribution is 2.47. The molecule has 0 amide bonds. The zero-order chi connectivity index (χ0) is 48.7. The molecule has 12 heteroatoms. The lowest BCUT2D eigenvalue weighted by molar-refractivity contribution is 0.745. The molecule has 0 N–H and O–H groups in total. The molecule has 14 rings (SSSR count). The van der Waals surface area contributed by atoms with Crippen molar-refractivity contribution in [3.63, 3.8) is 0 Å². The number of nitrogens with zero attached hydrogens (tertiary/aromatic N) is 9. The van der Waals surface area contributed by atoms with Crippen LogP contribution >= 0.6 is 0 Å². The number of fused-ring (bicyclic) bond motifs is 9. The number of allylic oxidation sites excluding steroid dienone is 2. The summed E-state index contributed by atoms with van der Waals surface area (Å²) < 4.78 is 35.2. The van der Waals surface area contributed by atoms with E-state index in [1.807, 2.05) is 0 Å². The van der Waals surface area contributed by atoms with Gasteiger partial charge in [-0.15, -0.1) is 0 Å². The number of para-hydroxylation sites is 3. The van der Waals surface area contributed by atoms with Gasteiger partial charge < -0.3 is 14.4 Å². The van der Waals surface area contributed by atoms with Crippen molar-refractivity contribution in [2.45, 2.75) is 51.2 Å². The Kier molecular flexibility index (Phi) is 9.27. The van der Waals surface area contributed by atoms with Crippen molar-refractivity contribution in [2.75, 3.05) is 9.80 Å². The highest BCUT2D eigenvalue weighted by atomic mass is 28.4. The molecule has 9 aromatic rings. The third-order valence-corrected chi connectivity index (χ3v) is 19.4. The van der Waals surface area contributed by atoms with Gasteiger partial charge in [-0.05, 0) is 123 Å². The van der Waals surface area contributed by atoms with Crippen LogP contribution < -0.4 is 41.9 Å². The zero-order valence-electron chi connectivity index (χ0n) is 41.1. The second-order valence-electron chi connectivity index (χ2n) is 21.0. The molecule has 1 aromatic heterocycles. The molecule has 1 aliphatic carbocycles. The normalized spacial score (nSPS) is 18.7. The Balaban J connectivity index is 0.919. The molecular weight excluding hydrogens is 931 g/mol. The first-order valence-electron chi connectivity index (χ1n) is 25.0. The number of aromatic nitrogens is 1. The third-order valence-electron chi connectivity index (χ3n) is 14.7. The van der Waals surface area contributed by atoms with Crippen LogP contribution in [0.4, 0.5) is 28.4 Å². The SMILES string of the molecule is C[Si]1(C)N=c2cccc(N(c3ccc(-c4ccc(N5c6ccccc6C6C=CC=CC65)cc4)c4c3=N[Si](C)(C)N=4)c3ccc(-c4ccc(-n5c6ccccc6c6ccccc65)cc4)c4c3=N[Si](C)(C)N=4)c2=N1. The molecule has 5 aliphatic rings. The summed E-state index contributed by atoms with van der Waals surface area (Å²) in [6, 6.07) is 59.7. The van der Waals surface area contributed by atoms with Crippen LogP contribution in [0.3, 0.4) is 0 Å². The fourth-order valence-electron chi connectivity index (χ4n) is 11.8. The molecule has 2 unspecified atom stereocenters. The summed E-state index contributed by atoms with van der Waals surface area (Å²) in [5.74, 6) is 0.329. The summed E-state index contributed by atoms with van der Waals surface area (Å²) in [6.45, 7) is 13.3. The highest BCUT2D eigenvalue weighted by Gasteiger charge is 2.38. The van der Waals surface area contributed by atoms with E-state index in [9.17, 15) is 0 Å². The number of rotatable bonds is 7. The van der Waals surface area contributed by atoms with E-state index < -0.39 is 25.2 Å². The smallest absolute Gasteiger partial charge is 0.298 e. The Morgan fingerprint density at radius 1 is 0.417 bits per heavy atom. The number of hydrogen-bond donors (Lipinski definition) is 0. The van der Waals surface area contributed by atoms with Gasteiger partial charge in [0.2, 0.25) is 0 Å². The first-order valence-corrected chi connectivity index (χ1v) is 33.6. The molecule has 0 saturated heterocycles. The van der Waals surface area contributed by atoms with Gasteiger partial charge >= 0.3 is 0 Å². The van der Waals surface area contributed by atoms with Crippen molar-refractivity contribution in [3.05, 3.63) is 226 Å². The van der Waals surface area contributed by atoms with Crippen LogP contribution in [0.1, 0.15) is 11.5 Å². The molecule has 0 radical (unpaired) electrons. The van der Waals surface area contributed by atoms with Crippen molar-refractivity contribution in [3.8, 4) is 27.9 Å².